The van der Waals surface area contributed by atoms with Crippen molar-refractivity contribution in [2.45, 2.75) is 6.54 Å². The van der Waals surface area contributed by atoms with Crippen LogP contribution < -0.4 is 11.1 Å². The van der Waals surface area contributed by atoms with E-state index in [4.69, 9.17) is 5.73 Å². The van der Waals surface area contributed by atoms with Crippen LogP contribution in [0.2, 0.25) is 0 Å². The van der Waals surface area contributed by atoms with Crippen LogP contribution in [0.15, 0.2) is 41.8 Å². The molecule has 3 nitrogen and oxygen atoms in total. The molecule has 2 rings (SSSR count). The number of rotatable bonds is 3. The van der Waals surface area contributed by atoms with Crippen molar-refractivity contribution in [3.63, 3.8) is 0 Å². The summed E-state index contributed by atoms with van der Waals surface area (Å²) in [7, 11) is 0. The van der Waals surface area contributed by atoms with Crippen molar-refractivity contribution < 1.29 is 4.79 Å². The predicted molar refractivity (Wildman–Crippen MR) is 66.3 cm³/mol. The van der Waals surface area contributed by atoms with Crippen molar-refractivity contribution in [2.75, 3.05) is 5.73 Å². The quantitative estimate of drug-likeness (QED) is 0.852. The highest BCUT2D eigenvalue weighted by Crippen LogP contribution is 2.15. The third-order valence-electron chi connectivity index (χ3n) is 2.14. The predicted octanol–water partition coefficient (Wildman–Crippen LogP) is 2.26. The van der Waals surface area contributed by atoms with Gasteiger partial charge in [-0.25, -0.2) is 0 Å². The van der Waals surface area contributed by atoms with E-state index >= 15 is 0 Å². The molecule has 0 unspecified atom stereocenters. The number of carbonyl (C=O) groups is 1. The van der Waals surface area contributed by atoms with Gasteiger partial charge in [-0.3, -0.25) is 4.79 Å². The van der Waals surface area contributed by atoms with Crippen LogP contribution in [0.1, 0.15) is 15.2 Å². The third kappa shape index (κ3) is 2.61. The molecule has 1 amide bonds. The lowest BCUT2D eigenvalue weighted by Crippen LogP contribution is -2.21. The molecule has 1 heterocycles. The van der Waals surface area contributed by atoms with Crippen LogP contribution >= 0.6 is 11.3 Å². The van der Waals surface area contributed by atoms with Crippen LogP contribution in [0.25, 0.3) is 0 Å². The first-order chi connectivity index (χ1) is 7.75. The van der Waals surface area contributed by atoms with Crippen LogP contribution in [-0.2, 0) is 6.54 Å². The Balaban J connectivity index is 1.94. The minimum atomic E-state index is -0.0782. The van der Waals surface area contributed by atoms with Crippen LogP contribution in [0.3, 0.4) is 0 Å². The Morgan fingerprint density at radius 2 is 2.06 bits per heavy atom. The maximum absolute atomic E-state index is 11.7. The van der Waals surface area contributed by atoms with E-state index in [0.29, 0.717) is 17.1 Å². The van der Waals surface area contributed by atoms with E-state index in [1.165, 1.54) is 11.3 Å². The molecule has 82 valence electrons. The van der Waals surface area contributed by atoms with Crippen LogP contribution in [0.4, 0.5) is 5.69 Å². The second-order valence-corrected chi connectivity index (χ2v) is 4.32. The summed E-state index contributed by atoms with van der Waals surface area (Å²) >= 11 is 1.36. The molecule has 1 aromatic heterocycles. The monoisotopic (exact) mass is 232 g/mol. The van der Waals surface area contributed by atoms with Crippen LogP contribution in [-0.4, -0.2) is 5.91 Å². The first kappa shape index (κ1) is 10.7. The number of thiophene rings is 1. The zero-order valence-corrected chi connectivity index (χ0v) is 9.46. The summed E-state index contributed by atoms with van der Waals surface area (Å²) in [5, 5.41) is 4.61. The highest BCUT2D eigenvalue weighted by molar-refractivity contribution is 7.12. The molecule has 0 aliphatic carbocycles. The van der Waals surface area contributed by atoms with Crippen molar-refractivity contribution in [1.82, 2.24) is 5.32 Å². The summed E-state index contributed by atoms with van der Waals surface area (Å²) in [5.74, 6) is -0.0782. The van der Waals surface area contributed by atoms with Gasteiger partial charge in [-0.15, -0.1) is 11.3 Å². The lowest BCUT2D eigenvalue weighted by atomic mass is 10.2. The minimum absolute atomic E-state index is 0.0782. The van der Waals surface area contributed by atoms with E-state index in [0.717, 1.165) is 5.56 Å². The Kier molecular flexibility index (Phi) is 3.22. The van der Waals surface area contributed by atoms with Gasteiger partial charge in [0.05, 0.1) is 4.88 Å². The van der Waals surface area contributed by atoms with E-state index in [-0.39, 0.29) is 5.91 Å². The molecule has 0 atom stereocenters. The summed E-state index contributed by atoms with van der Waals surface area (Å²) in [6, 6.07) is 11.5. The number of nitrogens with two attached hydrogens (primary N) is 1. The van der Waals surface area contributed by atoms with E-state index in [1.807, 2.05) is 30.3 Å². The molecule has 0 radical (unpaired) electrons. The van der Waals surface area contributed by atoms with E-state index in [1.54, 1.807) is 11.4 Å². The van der Waals surface area contributed by atoms with Gasteiger partial charge in [-0.2, -0.15) is 0 Å². The summed E-state index contributed by atoms with van der Waals surface area (Å²) in [6.07, 6.45) is 0. The summed E-state index contributed by atoms with van der Waals surface area (Å²) in [6.45, 7) is 0.539. The number of anilines is 1. The molecule has 3 N–H and O–H groups in total. The van der Waals surface area contributed by atoms with Crippen molar-refractivity contribution >= 4 is 22.9 Å². The molecular formula is C12H12N2OS. The second kappa shape index (κ2) is 4.81. The molecule has 0 saturated heterocycles. The zero-order valence-electron chi connectivity index (χ0n) is 8.64. The lowest BCUT2D eigenvalue weighted by Gasteiger charge is -2.02. The number of nitrogen functional groups attached to an aromatic ring is 1. The van der Waals surface area contributed by atoms with Gasteiger partial charge in [0.2, 0.25) is 0 Å². The van der Waals surface area contributed by atoms with Crippen LogP contribution in [0, 0.1) is 0 Å². The maximum Gasteiger partial charge on any atom is 0.261 e. The maximum atomic E-state index is 11.7. The normalized spacial score (nSPS) is 10.0. The molecule has 0 saturated carbocycles. The number of hydrogen-bond donors (Lipinski definition) is 2. The largest absolute Gasteiger partial charge is 0.398 e. The molecule has 16 heavy (non-hydrogen) atoms. The third-order valence-corrected chi connectivity index (χ3v) is 3.09. The number of carbonyl (C=O) groups excluding carboxylic acids is 1. The molecule has 2 aromatic rings. The summed E-state index contributed by atoms with van der Waals surface area (Å²) < 4.78 is 0. The van der Waals surface area contributed by atoms with Gasteiger partial charge >= 0.3 is 0 Å². The van der Waals surface area contributed by atoms with Gasteiger partial charge in [0.15, 0.2) is 0 Å². The van der Waals surface area contributed by atoms with Gasteiger partial charge in [0.25, 0.3) is 5.91 Å². The molecule has 0 fully saturated rings. The number of nitrogens with one attached hydrogen (secondary N) is 1. The second-order valence-electron chi connectivity index (χ2n) is 3.41. The first-order valence-electron chi connectivity index (χ1n) is 4.92. The fourth-order valence-corrected chi connectivity index (χ4v) is 2.05. The fraction of sp³-hybridized carbons (Fsp3) is 0.0833. The fourth-order valence-electron chi connectivity index (χ4n) is 1.34. The van der Waals surface area contributed by atoms with Crippen molar-refractivity contribution in [3.05, 3.63) is 52.2 Å². The topological polar surface area (TPSA) is 55.1 Å². The smallest absolute Gasteiger partial charge is 0.261 e. The Labute approximate surface area is 97.9 Å². The van der Waals surface area contributed by atoms with Crippen molar-refractivity contribution in [1.29, 1.82) is 0 Å². The summed E-state index contributed by atoms with van der Waals surface area (Å²) in [5.41, 5.74) is 7.27. The standard InChI is InChI=1S/C12H12N2OS/c13-10-6-11(16-8-10)12(15)14-7-9-4-2-1-3-5-9/h1-6,8H,7,13H2,(H,14,15). The molecule has 0 aliphatic rings. The number of amides is 1. The number of hydrogen-bond acceptors (Lipinski definition) is 3. The minimum Gasteiger partial charge on any atom is -0.398 e. The number of benzene rings is 1. The van der Waals surface area contributed by atoms with Crippen LogP contribution in [0.5, 0.6) is 0 Å². The van der Waals surface area contributed by atoms with E-state index in [9.17, 15) is 4.79 Å². The van der Waals surface area contributed by atoms with Crippen molar-refractivity contribution in [2.24, 2.45) is 0 Å². The molecule has 0 aliphatic heterocycles. The van der Waals surface area contributed by atoms with Crippen molar-refractivity contribution in [3.8, 4) is 0 Å². The average Bonchev–Trinajstić information content (AvgIpc) is 2.74. The van der Waals surface area contributed by atoms with Gasteiger partial charge in [0.1, 0.15) is 0 Å². The Morgan fingerprint density at radius 3 is 2.69 bits per heavy atom. The Morgan fingerprint density at radius 1 is 1.31 bits per heavy atom. The molecule has 4 heteroatoms. The zero-order chi connectivity index (χ0) is 11.4. The highest BCUT2D eigenvalue weighted by Gasteiger charge is 2.07. The lowest BCUT2D eigenvalue weighted by molar-refractivity contribution is 0.0955. The van der Waals surface area contributed by atoms with Gasteiger partial charge in [0, 0.05) is 17.6 Å². The van der Waals surface area contributed by atoms with E-state index < -0.39 is 0 Å². The van der Waals surface area contributed by atoms with Gasteiger partial charge < -0.3 is 11.1 Å². The SMILES string of the molecule is Nc1csc(C(=O)NCc2ccccc2)c1. The highest BCUT2D eigenvalue weighted by atomic mass is 32.1. The molecule has 1 aromatic carbocycles. The molecule has 0 spiro atoms. The molecule has 0 bridgehead atoms. The average molecular weight is 232 g/mol. The summed E-state index contributed by atoms with van der Waals surface area (Å²) in [4.78, 5) is 12.3. The Bertz CT molecular complexity index is 479. The first-order valence-corrected chi connectivity index (χ1v) is 5.80. The van der Waals surface area contributed by atoms with Gasteiger partial charge in [-0.1, -0.05) is 30.3 Å². The Hall–Kier alpha value is -1.81. The van der Waals surface area contributed by atoms with E-state index in [2.05, 4.69) is 5.32 Å². The molecular weight excluding hydrogens is 220 g/mol. The van der Waals surface area contributed by atoms with Gasteiger partial charge in [-0.05, 0) is 11.6 Å².